The first-order valence-electron chi connectivity index (χ1n) is 8.21. The molecule has 1 amide bonds. The van der Waals surface area contributed by atoms with Crippen LogP contribution in [0.25, 0.3) is 0 Å². The zero-order valence-electron chi connectivity index (χ0n) is 13.9. The van der Waals surface area contributed by atoms with Crippen LogP contribution < -0.4 is 5.32 Å². The van der Waals surface area contributed by atoms with E-state index in [0.717, 1.165) is 19.3 Å². The molecule has 4 nitrogen and oxygen atoms in total. The molecular formula is C19H21NO3S. The number of ether oxygens (including phenoxy) is 1. The molecule has 24 heavy (non-hydrogen) atoms. The molecular weight excluding hydrogens is 322 g/mol. The molecule has 2 atom stereocenters. The minimum atomic E-state index is -0.837. The Morgan fingerprint density at radius 3 is 2.79 bits per heavy atom. The van der Waals surface area contributed by atoms with Gasteiger partial charge in [-0.15, -0.1) is 11.3 Å². The van der Waals surface area contributed by atoms with Crippen LogP contribution in [0.2, 0.25) is 0 Å². The van der Waals surface area contributed by atoms with Gasteiger partial charge in [0.2, 0.25) is 0 Å². The summed E-state index contributed by atoms with van der Waals surface area (Å²) in [5.74, 6) is -0.0891. The van der Waals surface area contributed by atoms with Crippen molar-refractivity contribution in [3.63, 3.8) is 0 Å². The van der Waals surface area contributed by atoms with E-state index in [2.05, 4.69) is 12.2 Å². The van der Waals surface area contributed by atoms with Crippen molar-refractivity contribution in [2.24, 2.45) is 5.92 Å². The van der Waals surface area contributed by atoms with Crippen LogP contribution in [0, 0.1) is 5.92 Å². The second kappa shape index (κ2) is 7.18. The topological polar surface area (TPSA) is 55.4 Å². The largest absolute Gasteiger partial charge is 0.448 e. The van der Waals surface area contributed by atoms with Crippen LogP contribution in [0.4, 0.5) is 5.69 Å². The van der Waals surface area contributed by atoms with Gasteiger partial charge >= 0.3 is 5.97 Å². The van der Waals surface area contributed by atoms with E-state index < -0.39 is 12.1 Å². The van der Waals surface area contributed by atoms with Crippen LogP contribution >= 0.6 is 11.3 Å². The Labute approximate surface area is 145 Å². The summed E-state index contributed by atoms with van der Waals surface area (Å²) in [5, 5.41) is 2.74. The van der Waals surface area contributed by atoms with E-state index in [0.29, 0.717) is 16.5 Å². The Morgan fingerprint density at radius 2 is 2.04 bits per heavy atom. The van der Waals surface area contributed by atoms with E-state index in [1.54, 1.807) is 19.1 Å². The summed E-state index contributed by atoms with van der Waals surface area (Å²) < 4.78 is 5.33. The zero-order chi connectivity index (χ0) is 17.1. The monoisotopic (exact) mass is 343 g/mol. The van der Waals surface area contributed by atoms with Crippen molar-refractivity contribution in [3.8, 4) is 0 Å². The lowest BCUT2D eigenvalue weighted by Crippen LogP contribution is -2.29. The lowest BCUT2D eigenvalue weighted by molar-refractivity contribution is -0.123. The molecule has 2 aromatic rings. The van der Waals surface area contributed by atoms with Gasteiger partial charge in [-0.25, -0.2) is 4.79 Å². The Kier molecular flexibility index (Phi) is 5.00. The van der Waals surface area contributed by atoms with Crippen molar-refractivity contribution in [3.05, 3.63) is 51.7 Å². The van der Waals surface area contributed by atoms with Crippen LogP contribution in [-0.4, -0.2) is 18.0 Å². The predicted molar refractivity (Wildman–Crippen MR) is 95.5 cm³/mol. The lowest BCUT2D eigenvalue weighted by Gasteiger charge is -2.16. The molecule has 0 saturated heterocycles. The molecule has 1 aliphatic rings. The summed E-state index contributed by atoms with van der Waals surface area (Å²) in [6.45, 7) is 3.82. The third-order valence-corrected chi connectivity index (χ3v) is 5.44. The molecule has 2 unspecified atom stereocenters. The molecule has 0 spiro atoms. The number of hydrogen-bond donors (Lipinski definition) is 1. The Morgan fingerprint density at radius 1 is 1.29 bits per heavy atom. The number of esters is 1. The van der Waals surface area contributed by atoms with E-state index in [-0.39, 0.29) is 5.91 Å². The average molecular weight is 343 g/mol. The normalized spacial score (nSPS) is 17.7. The second-order valence-electron chi connectivity index (χ2n) is 6.31. The number of benzene rings is 1. The maximum absolute atomic E-state index is 12.3. The average Bonchev–Trinajstić information content (AvgIpc) is 2.99. The molecule has 1 N–H and O–H groups in total. The molecule has 5 heteroatoms. The van der Waals surface area contributed by atoms with Crippen molar-refractivity contribution >= 4 is 28.9 Å². The van der Waals surface area contributed by atoms with Crippen LogP contribution in [0.3, 0.4) is 0 Å². The number of hydrogen-bond acceptors (Lipinski definition) is 4. The molecule has 0 fully saturated rings. The summed E-state index contributed by atoms with van der Waals surface area (Å²) in [6, 6.07) is 11.1. The number of rotatable bonds is 4. The maximum atomic E-state index is 12.3. The summed E-state index contributed by atoms with van der Waals surface area (Å²) in [4.78, 5) is 26.3. The fourth-order valence-corrected chi connectivity index (χ4v) is 3.94. The molecule has 126 valence electrons. The van der Waals surface area contributed by atoms with Gasteiger partial charge < -0.3 is 10.1 Å². The molecule has 0 bridgehead atoms. The number of nitrogens with one attached hydrogen (secondary N) is 1. The number of thiophene rings is 1. The third-order valence-electron chi connectivity index (χ3n) is 4.22. The quantitative estimate of drug-likeness (QED) is 0.852. The van der Waals surface area contributed by atoms with Crippen molar-refractivity contribution < 1.29 is 14.3 Å². The Balaban J connectivity index is 1.61. The van der Waals surface area contributed by atoms with Gasteiger partial charge in [0, 0.05) is 10.6 Å². The summed E-state index contributed by atoms with van der Waals surface area (Å²) in [7, 11) is 0. The summed E-state index contributed by atoms with van der Waals surface area (Å²) in [6.07, 6.45) is 2.37. The van der Waals surface area contributed by atoms with Gasteiger partial charge in [-0.3, -0.25) is 4.79 Å². The maximum Gasteiger partial charge on any atom is 0.349 e. The van der Waals surface area contributed by atoms with Gasteiger partial charge in [0.25, 0.3) is 5.91 Å². The van der Waals surface area contributed by atoms with Crippen LogP contribution in [0.15, 0.2) is 36.4 Å². The number of aryl methyl sites for hydroxylation is 1. The van der Waals surface area contributed by atoms with Gasteiger partial charge in [0.15, 0.2) is 6.10 Å². The first-order valence-corrected chi connectivity index (χ1v) is 9.03. The molecule has 1 aliphatic carbocycles. The molecule has 0 radical (unpaired) electrons. The molecule has 1 heterocycles. The second-order valence-corrected chi connectivity index (χ2v) is 7.45. The fourth-order valence-electron chi connectivity index (χ4n) is 2.84. The van der Waals surface area contributed by atoms with E-state index in [4.69, 9.17) is 4.74 Å². The SMILES string of the molecule is CC1CCc2sc(C(=O)OC(C)C(=O)Nc3ccccc3)cc2C1. The van der Waals surface area contributed by atoms with Gasteiger partial charge in [0.1, 0.15) is 4.88 Å². The van der Waals surface area contributed by atoms with E-state index in [9.17, 15) is 9.59 Å². The van der Waals surface area contributed by atoms with Crippen molar-refractivity contribution in [1.82, 2.24) is 0 Å². The standard InChI is InChI=1S/C19H21NO3S/c1-12-8-9-16-14(10-12)11-17(24-16)19(22)23-13(2)18(21)20-15-6-4-3-5-7-15/h3-7,11-13H,8-10H2,1-2H3,(H,20,21). The smallest absolute Gasteiger partial charge is 0.349 e. The van der Waals surface area contributed by atoms with Crippen LogP contribution in [0.5, 0.6) is 0 Å². The Hall–Kier alpha value is -2.14. The van der Waals surface area contributed by atoms with E-state index in [1.807, 2.05) is 24.3 Å². The highest BCUT2D eigenvalue weighted by Gasteiger charge is 2.24. The third kappa shape index (κ3) is 3.85. The Bertz CT molecular complexity index is 738. The number of carbonyl (C=O) groups is 2. The minimum Gasteiger partial charge on any atom is -0.448 e. The first kappa shape index (κ1) is 16.7. The van der Waals surface area contributed by atoms with Gasteiger partial charge in [-0.2, -0.15) is 0 Å². The number of fused-ring (bicyclic) bond motifs is 1. The number of para-hydroxylation sites is 1. The highest BCUT2D eigenvalue weighted by Crippen LogP contribution is 2.32. The number of amides is 1. The van der Waals surface area contributed by atoms with Crippen LogP contribution in [0.1, 0.15) is 40.4 Å². The molecule has 3 rings (SSSR count). The van der Waals surface area contributed by atoms with Crippen molar-refractivity contribution in [1.29, 1.82) is 0 Å². The fraction of sp³-hybridized carbons (Fsp3) is 0.368. The van der Waals surface area contributed by atoms with Crippen molar-refractivity contribution in [2.75, 3.05) is 5.32 Å². The van der Waals surface area contributed by atoms with Crippen molar-refractivity contribution in [2.45, 2.75) is 39.2 Å². The highest BCUT2D eigenvalue weighted by molar-refractivity contribution is 7.14. The molecule has 0 aliphatic heterocycles. The molecule has 1 aromatic heterocycles. The van der Waals surface area contributed by atoms with Gasteiger partial charge in [0.05, 0.1) is 0 Å². The predicted octanol–water partition coefficient (Wildman–Crippen LogP) is 4.06. The molecule has 0 saturated carbocycles. The summed E-state index contributed by atoms with van der Waals surface area (Å²) in [5.41, 5.74) is 1.94. The van der Waals surface area contributed by atoms with E-state index >= 15 is 0 Å². The number of anilines is 1. The lowest BCUT2D eigenvalue weighted by atomic mass is 9.90. The molecule has 1 aromatic carbocycles. The zero-order valence-corrected chi connectivity index (χ0v) is 14.7. The highest BCUT2D eigenvalue weighted by atomic mass is 32.1. The van der Waals surface area contributed by atoms with Gasteiger partial charge in [-0.05, 0) is 55.9 Å². The van der Waals surface area contributed by atoms with Gasteiger partial charge in [-0.1, -0.05) is 25.1 Å². The van der Waals surface area contributed by atoms with E-state index in [1.165, 1.54) is 21.8 Å². The first-order chi connectivity index (χ1) is 11.5. The number of carbonyl (C=O) groups excluding carboxylic acids is 2. The van der Waals surface area contributed by atoms with Crippen LogP contribution in [-0.2, 0) is 22.4 Å². The summed E-state index contributed by atoms with van der Waals surface area (Å²) >= 11 is 1.50. The minimum absolute atomic E-state index is 0.329.